The molecule has 2 saturated heterocycles. The number of hydrogen-bond acceptors (Lipinski definition) is 5. The molecule has 0 spiro atoms. The molecule has 35 heavy (non-hydrogen) atoms. The van der Waals surface area contributed by atoms with E-state index in [4.69, 9.17) is 16.6 Å². The number of rotatable bonds is 6. The van der Waals surface area contributed by atoms with Gasteiger partial charge in [-0.3, -0.25) is 4.79 Å². The van der Waals surface area contributed by atoms with Crippen molar-refractivity contribution in [3.8, 4) is 22.4 Å². The molecule has 0 radical (unpaired) electrons. The van der Waals surface area contributed by atoms with Crippen LogP contribution in [0.15, 0.2) is 60.8 Å². The van der Waals surface area contributed by atoms with Crippen molar-refractivity contribution in [1.82, 2.24) is 20.2 Å². The van der Waals surface area contributed by atoms with Gasteiger partial charge in [0.15, 0.2) is 0 Å². The fourth-order valence-corrected chi connectivity index (χ4v) is 5.23. The summed E-state index contributed by atoms with van der Waals surface area (Å²) in [6, 6.07) is 18.8. The number of anilines is 1. The van der Waals surface area contributed by atoms with Crippen LogP contribution in [0.5, 0.6) is 0 Å². The number of carbonyl (C=O) groups is 1. The summed E-state index contributed by atoms with van der Waals surface area (Å²) in [5.74, 6) is 1.41. The first-order chi connectivity index (χ1) is 17.2. The average molecular weight is 490 g/mol. The van der Waals surface area contributed by atoms with E-state index in [9.17, 15) is 4.79 Å². The van der Waals surface area contributed by atoms with E-state index in [0.717, 1.165) is 74.2 Å². The molecule has 0 bridgehead atoms. The Balaban J connectivity index is 1.21. The van der Waals surface area contributed by atoms with Gasteiger partial charge >= 0.3 is 0 Å². The first-order valence-corrected chi connectivity index (χ1v) is 13.0. The van der Waals surface area contributed by atoms with Crippen LogP contribution < -0.4 is 10.6 Å². The molecule has 2 aliphatic heterocycles. The van der Waals surface area contributed by atoms with Crippen LogP contribution >= 0.6 is 11.6 Å². The van der Waals surface area contributed by atoms with E-state index in [0.29, 0.717) is 29.2 Å². The summed E-state index contributed by atoms with van der Waals surface area (Å²) in [6.07, 6.45) is 6.35. The van der Waals surface area contributed by atoms with Gasteiger partial charge in [-0.05, 0) is 61.9 Å². The van der Waals surface area contributed by atoms with Crippen LogP contribution in [0.2, 0.25) is 5.02 Å². The Labute approximate surface area is 212 Å². The Morgan fingerprint density at radius 2 is 1.69 bits per heavy atom. The standard InChI is InChI=1S/C28H32ClN5O/c29-25-19-31-28(33-27(25)23-8-4-7-22(18-23)21-5-2-1-3-6-21)32-24-11-15-34(16-12-24)26(35)17-20-9-13-30-14-10-20/h1-8,18-20,24,30H,9-17H2,(H,31,32,33). The first kappa shape index (κ1) is 23.8. The van der Waals surface area contributed by atoms with E-state index in [-0.39, 0.29) is 6.04 Å². The monoisotopic (exact) mass is 489 g/mol. The number of aromatic nitrogens is 2. The summed E-state index contributed by atoms with van der Waals surface area (Å²) < 4.78 is 0. The second kappa shape index (κ2) is 11.2. The highest BCUT2D eigenvalue weighted by atomic mass is 35.5. The number of hydrogen-bond donors (Lipinski definition) is 2. The second-order valence-corrected chi connectivity index (χ2v) is 9.94. The highest BCUT2D eigenvalue weighted by molar-refractivity contribution is 6.32. The molecular weight excluding hydrogens is 458 g/mol. The van der Waals surface area contributed by atoms with Gasteiger partial charge in [0.25, 0.3) is 0 Å². The number of carbonyl (C=O) groups excluding carboxylic acids is 1. The van der Waals surface area contributed by atoms with Gasteiger partial charge in [0, 0.05) is 31.1 Å². The first-order valence-electron chi connectivity index (χ1n) is 12.6. The van der Waals surface area contributed by atoms with Gasteiger partial charge in [0.05, 0.1) is 16.9 Å². The van der Waals surface area contributed by atoms with Crippen molar-refractivity contribution in [1.29, 1.82) is 0 Å². The molecule has 2 aromatic carbocycles. The molecule has 6 nitrogen and oxygen atoms in total. The van der Waals surface area contributed by atoms with Gasteiger partial charge in [-0.15, -0.1) is 0 Å². The smallest absolute Gasteiger partial charge is 0.223 e. The van der Waals surface area contributed by atoms with Crippen LogP contribution in [0.4, 0.5) is 5.95 Å². The van der Waals surface area contributed by atoms with Crippen molar-refractivity contribution in [3.05, 3.63) is 65.8 Å². The predicted molar refractivity (Wildman–Crippen MR) is 141 cm³/mol. The third-order valence-electron chi connectivity index (χ3n) is 7.09. The Morgan fingerprint density at radius 1 is 0.971 bits per heavy atom. The summed E-state index contributed by atoms with van der Waals surface area (Å²) in [5.41, 5.74) is 3.95. The summed E-state index contributed by atoms with van der Waals surface area (Å²) in [5, 5.41) is 7.38. The van der Waals surface area contributed by atoms with E-state index in [2.05, 4.69) is 39.9 Å². The van der Waals surface area contributed by atoms with Gasteiger partial charge < -0.3 is 15.5 Å². The van der Waals surface area contributed by atoms with E-state index >= 15 is 0 Å². The minimum Gasteiger partial charge on any atom is -0.351 e. The average Bonchev–Trinajstić information content (AvgIpc) is 2.91. The van der Waals surface area contributed by atoms with Crippen LogP contribution in [0.1, 0.15) is 32.1 Å². The maximum atomic E-state index is 12.7. The van der Waals surface area contributed by atoms with Crippen molar-refractivity contribution in [2.75, 3.05) is 31.5 Å². The highest BCUT2D eigenvalue weighted by Crippen LogP contribution is 2.30. The van der Waals surface area contributed by atoms with Crippen LogP contribution in [0.3, 0.4) is 0 Å². The molecule has 0 saturated carbocycles. The zero-order valence-corrected chi connectivity index (χ0v) is 20.7. The van der Waals surface area contributed by atoms with E-state index in [1.807, 2.05) is 35.2 Å². The van der Waals surface area contributed by atoms with E-state index in [1.54, 1.807) is 6.20 Å². The molecule has 7 heteroatoms. The maximum Gasteiger partial charge on any atom is 0.223 e. The lowest BCUT2D eigenvalue weighted by Crippen LogP contribution is -2.43. The van der Waals surface area contributed by atoms with E-state index < -0.39 is 0 Å². The summed E-state index contributed by atoms with van der Waals surface area (Å²) in [7, 11) is 0. The number of nitrogens with zero attached hydrogens (tertiary/aromatic N) is 3. The van der Waals surface area contributed by atoms with Crippen LogP contribution in [-0.4, -0.2) is 53.0 Å². The van der Waals surface area contributed by atoms with Crippen LogP contribution in [0, 0.1) is 5.92 Å². The number of amides is 1. The van der Waals surface area contributed by atoms with Gasteiger partial charge in [-0.2, -0.15) is 0 Å². The molecule has 3 aromatic rings. The number of nitrogens with one attached hydrogen (secondary N) is 2. The van der Waals surface area contributed by atoms with Crippen molar-refractivity contribution in [2.24, 2.45) is 5.92 Å². The lowest BCUT2D eigenvalue weighted by atomic mass is 9.93. The molecule has 1 amide bonds. The molecule has 0 aliphatic carbocycles. The fraction of sp³-hybridized carbons (Fsp3) is 0.393. The molecule has 5 rings (SSSR count). The maximum absolute atomic E-state index is 12.7. The quantitative estimate of drug-likeness (QED) is 0.494. The Bertz CT molecular complexity index is 1140. The molecule has 2 N–H and O–H groups in total. The molecule has 2 aliphatic rings. The number of likely N-dealkylation sites (tertiary alicyclic amines) is 1. The zero-order chi connectivity index (χ0) is 24.0. The molecule has 182 valence electrons. The zero-order valence-electron chi connectivity index (χ0n) is 19.9. The lowest BCUT2D eigenvalue weighted by Gasteiger charge is -2.34. The van der Waals surface area contributed by atoms with Gasteiger partial charge in [0.2, 0.25) is 11.9 Å². The lowest BCUT2D eigenvalue weighted by molar-refractivity contribution is -0.133. The largest absolute Gasteiger partial charge is 0.351 e. The van der Waals surface area contributed by atoms with E-state index in [1.165, 1.54) is 0 Å². The topological polar surface area (TPSA) is 70.2 Å². The molecule has 0 unspecified atom stereocenters. The van der Waals surface area contributed by atoms with Gasteiger partial charge in [0.1, 0.15) is 0 Å². The van der Waals surface area contributed by atoms with Crippen LogP contribution in [-0.2, 0) is 4.79 Å². The van der Waals surface area contributed by atoms with Gasteiger partial charge in [-0.1, -0.05) is 60.1 Å². The van der Waals surface area contributed by atoms with Crippen molar-refractivity contribution in [3.63, 3.8) is 0 Å². The van der Waals surface area contributed by atoms with Crippen molar-refractivity contribution < 1.29 is 4.79 Å². The summed E-state index contributed by atoms with van der Waals surface area (Å²) in [4.78, 5) is 24.0. The minimum atomic E-state index is 0.239. The van der Waals surface area contributed by atoms with Gasteiger partial charge in [-0.25, -0.2) is 9.97 Å². The second-order valence-electron chi connectivity index (χ2n) is 9.53. The summed E-state index contributed by atoms with van der Waals surface area (Å²) >= 11 is 6.50. The number of halogens is 1. The Morgan fingerprint density at radius 3 is 2.46 bits per heavy atom. The third kappa shape index (κ3) is 6.00. The predicted octanol–water partition coefficient (Wildman–Crippen LogP) is 5.26. The Kier molecular flexibility index (Phi) is 7.60. The number of piperidine rings is 2. The molecule has 1 aromatic heterocycles. The van der Waals surface area contributed by atoms with Crippen LogP contribution in [0.25, 0.3) is 22.4 Å². The fourth-order valence-electron chi connectivity index (χ4n) is 5.03. The highest BCUT2D eigenvalue weighted by Gasteiger charge is 2.26. The minimum absolute atomic E-state index is 0.239. The van der Waals surface area contributed by atoms with Crippen molar-refractivity contribution >= 4 is 23.5 Å². The molecular formula is C28H32ClN5O. The Hall–Kier alpha value is -2.96. The van der Waals surface area contributed by atoms with Crippen molar-refractivity contribution in [2.45, 2.75) is 38.1 Å². The normalized spacial score (nSPS) is 17.3. The third-order valence-corrected chi connectivity index (χ3v) is 7.37. The molecule has 0 atom stereocenters. The number of benzene rings is 2. The SMILES string of the molecule is O=C(CC1CCNCC1)N1CCC(Nc2ncc(Cl)c(-c3cccc(-c4ccccc4)c3)n2)CC1. The molecule has 2 fully saturated rings. The molecule has 3 heterocycles. The summed E-state index contributed by atoms with van der Waals surface area (Å²) in [6.45, 7) is 3.62.